The Balaban J connectivity index is 1.27. The second kappa shape index (κ2) is 14.2. The molecule has 0 radical (unpaired) electrons. The van der Waals surface area contributed by atoms with Gasteiger partial charge in [-0.1, -0.05) is 36.6 Å². The normalized spacial score (nSPS) is 28.8. The number of hydrogen-bond donors (Lipinski definition) is 3. The van der Waals surface area contributed by atoms with Crippen LogP contribution in [-0.2, 0) is 41.7 Å². The number of carbonyl (C=O) groups excluding carboxylic acids is 4. The highest BCUT2D eigenvalue weighted by Crippen LogP contribution is 2.50. The Bertz CT molecular complexity index is 2150. The number of amides is 4. The molecule has 1 aromatic carbocycles. The van der Waals surface area contributed by atoms with Crippen molar-refractivity contribution in [2.45, 2.75) is 145 Å². The SMILES string of the molecule is Cc1ccc2nc(C(F)(F)F)c3c(c2c1)CCC1(CC2C(=O)NC4(C(=O)NS(=O)(=O)C5(C)CC5)CC4C=CCCCCCC(NC(=O)OC(C)(C)C)C(=O)N2C1)O3. The van der Waals surface area contributed by atoms with E-state index in [0.717, 1.165) is 5.56 Å². The lowest BCUT2D eigenvalue weighted by Gasteiger charge is -2.37. The standard InChI is InChI=1S/C40H50F3N5O8S/c1-23-13-14-27-26(19-23)25-15-16-38(55-30(25)31(44-27)40(41,42)43)21-29-32(49)46-39(34(51)47-57(53,54)37(5)17-18-37)20-24(39)11-9-7-6-8-10-12-28(33(50)48(29)22-38)45-35(52)56-36(2,3)4/h9,11,13-14,19,24,28-29H,6-8,10,12,15-18,20-22H2,1-5H3,(H,45,52)(H,46,49)(H,47,51). The van der Waals surface area contributed by atoms with Gasteiger partial charge in [-0.3, -0.25) is 19.1 Å². The number of aromatic nitrogens is 1. The number of alkyl carbamates (subject to hydrolysis) is 1. The number of benzene rings is 1. The first kappa shape index (κ1) is 40.8. The Morgan fingerprint density at radius 2 is 1.81 bits per heavy atom. The lowest BCUT2D eigenvalue weighted by Crippen LogP contribution is -2.58. The number of nitrogens with one attached hydrogen (secondary N) is 3. The zero-order valence-electron chi connectivity index (χ0n) is 32.8. The van der Waals surface area contributed by atoms with E-state index in [9.17, 15) is 40.8 Å². The number of halogens is 3. The van der Waals surface area contributed by atoms with Crippen molar-refractivity contribution < 1.29 is 50.2 Å². The number of ether oxygens (including phenoxy) is 2. The second-order valence-corrected chi connectivity index (χ2v) is 19.9. The van der Waals surface area contributed by atoms with Crippen LogP contribution in [0.25, 0.3) is 10.9 Å². The lowest BCUT2D eigenvalue weighted by atomic mass is 9.86. The highest BCUT2D eigenvalue weighted by atomic mass is 32.2. The van der Waals surface area contributed by atoms with Gasteiger partial charge < -0.3 is 25.0 Å². The number of aryl methyl sites for hydroxylation is 2. The molecule has 1 aromatic heterocycles. The molecule has 310 valence electrons. The van der Waals surface area contributed by atoms with Crippen LogP contribution in [0.3, 0.4) is 0 Å². The average Bonchev–Trinajstić information content (AvgIpc) is 4.00. The fourth-order valence-corrected chi connectivity index (χ4v) is 9.60. The van der Waals surface area contributed by atoms with Gasteiger partial charge in [-0.25, -0.2) is 18.2 Å². The molecular formula is C40H50F3N5O8S. The van der Waals surface area contributed by atoms with E-state index in [1.807, 2.05) is 13.0 Å². The first-order valence-corrected chi connectivity index (χ1v) is 21.1. The topological polar surface area (TPSA) is 173 Å². The molecular weight excluding hydrogens is 768 g/mol. The van der Waals surface area contributed by atoms with E-state index in [4.69, 9.17) is 9.47 Å². The first-order chi connectivity index (χ1) is 26.6. The minimum atomic E-state index is -4.90. The number of rotatable bonds is 4. The van der Waals surface area contributed by atoms with Gasteiger partial charge in [0.05, 0.1) is 16.8 Å². The van der Waals surface area contributed by atoms with Crippen LogP contribution >= 0.6 is 0 Å². The predicted octanol–water partition coefficient (Wildman–Crippen LogP) is 5.51. The third kappa shape index (κ3) is 8.04. The molecule has 4 amide bonds. The summed E-state index contributed by atoms with van der Waals surface area (Å²) in [6, 6.07) is 2.41. The fraction of sp³-hybridized carbons (Fsp3) is 0.625. The Morgan fingerprint density at radius 3 is 2.49 bits per heavy atom. The summed E-state index contributed by atoms with van der Waals surface area (Å²) in [5.41, 5.74) is -3.97. The molecule has 1 spiro atoms. The monoisotopic (exact) mass is 817 g/mol. The Hall–Kier alpha value is -4.41. The van der Waals surface area contributed by atoms with Crippen LogP contribution in [0.1, 0.15) is 109 Å². The van der Waals surface area contributed by atoms with Gasteiger partial charge in [0.1, 0.15) is 28.8 Å². The third-order valence-corrected chi connectivity index (χ3v) is 14.1. The summed E-state index contributed by atoms with van der Waals surface area (Å²) < 4.78 is 83.4. The van der Waals surface area contributed by atoms with E-state index < -0.39 is 90.9 Å². The molecule has 2 aliphatic carbocycles. The van der Waals surface area contributed by atoms with Crippen LogP contribution in [0.15, 0.2) is 30.4 Å². The summed E-state index contributed by atoms with van der Waals surface area (Å²) in [4.78, 5) is 61.5. The number of allylic oxidation sites excluding steroid dienone is 1. The van der Waals surface area contributed by atoms with E-state index in [1.165, 1.54) is 17.9 Å². The lowest BCUT2D eigenvalue weighted by molar-refractivity contribution is -0.144. The van der Waals surface area contributed by atoms with E-state index in [2.05, 4.69) is 20.3 Å². The Labute approximate surface area is 329 Å². The van der Waals surface area contributed by atoms with Crippen molar-refractivity contribution in [3.8, 4) is 5.75 Å². The summed E-state index contributed by atoms with van der Waals surface area (Å²) >= 11 is 0. The molecule has 17 heteroatoms. The Morgan fingerprint density at radius 1 is 1.07 bits per heavy atom. The van der Waals surface area contributed by atoms with Crippen LogP contribution in [0, 0.1) is 12.8 Å². The van der Waals surface area contributed by atoms with Crippen LogP contribution in [-0.4, -0.2) is 82.2 Å². The summed E-state index contributed by atoms with van der Waals surface area (Å²) in [6.45, 7) is 8.05. The smallest absolute Gasteiger partial charge is 0.437 e. The molecule has 13 nitrogen and oxygen atoms in total. The molecule has 3 N–H and O–H groups in total. The van der Waals surface area contributed by atoms with Crippen molar-refractivity contribution in [1.82, 2.24) is 25.2 Å². The summed E-state index contributed by atoms with van der Waals surface area (Å²) in [6.07, 6.45) is 1.46. The number of hydrogen-bond acceptors (Lipinski definition) is 9. The van der Waals surface area contributed by atoms with Gasteiger partial charge in [-0.15, -0.1) is 0 Å². The molecule has 2 saturated carbocycles. The highest BCUT2D eigenvalue weighted by Gasteiger charge is 2.64. The molecule has 5 unspecified atom stereocenters. The largest absolute Gasteiger partial charge is 0.483 e. The van der Waals surface area contributed by atoms with E-state index >= 15 is 0 Å². The number of carbonyl (C=O) groups is 4. The maximum atomic E-state index is 14.7. The molecule has 0 bridgehead atoms. The van der Waals surface area contributed by atoms with E-state index in [1.54, 1.807) is 39.0 Å². The molecule has 4 heterocycles. The third-order valence-electron chi connectivity index (χ3n) is 11.9. The minimum Gasteiger partial charge on any atom is -0.483 e. The number of pyridine rings is 1. The molecule has 7 rings (SSSR count). The molecule has 1 saturated heterocycles. The minimum absolute atomic E-state index is 0.0962. The van der Waals surface area contributed by atoms with Crippen LogP contribution < -0.4 is 20.1 Å². The van der Waals surface area contributed by atoms with Gasteiger partial charge in [0.25, 0.3) is 5.91 Å². The van der Waals surface area contributed by atoms with Crippen molar-refractivity contribution in [2.24, 2.45) is 5.92 Å². The molecule has 3 fully saturated rings. The highest BCUT2D eigenvalue weighted by molar-refractivity contribution is 7.91. The maximum Gasteiger partial charge on any atom is 0.437 e. The average molecular weight is 818 g/mol. The van der Waals surface area contributed by atoms with Crippen LogP contribution in [0.2, 0.25) is 0 Å². The first-order valence-electron chi connectivity index (χ1n) is 19.6. The number of sulfonamides is 1. The molecule has 5 aliphatic rings. The van der Waals surface area contributed by atoms with Crippen molar-refractivity contribution in [3.63, 3.8) is 0 Å². The van der Waals surface area contributed by atoms with E-state index in [0.29, 0.717) is 49.5 Å². The van der Waals surface area contributed by atoms with Crippen molar-refractivity contribution >= 4 is 44.7 Å². The molecule has 3 aliphatic heterocycles. The van der Waals surface area contributed by atoms with Gasteiger partial charge in [0.15, 0.2) is 11.4 Å². The van der Waals surface area contributed by atoms with Crippen molar-refractivity contribution in [1.29, 1.82) is 0 Å². The van der Waals surface area contributed by atoms with Gasteiger partial charge in [-0.2, -0.15) is 13.2 Å². The Kier molecular flexibility index (Phi) is 10.1. The summed E-state index contributed by atoms with van der Waals surface area (Å²) in [5, 5.41) is 5.97. The van der Waals surface area contributed by atoms with Gasteiger partial charge in [0.2, 0.25) is 21.8 Å². The second-order valence-electron chi connectivity index (χ2n) is 17.7. The van der Waals surface area contributed by atoms with Crippen molar-refractivity contribution in [2.75, 3.05) is 6.54 Å². The van der Waals surface area contributed by atoms with Crippen molar-refractivity contribution in [3.05, 3.63) is 47.2 Å². The summed E-state index contributed by atoms with van der Waals surface area (Å²) in [5.74, 6) is -3.38. The summed E-state index contributed by atoms with van der Waals surface area (Å²) in [7, 11) is -4.08. The fourth-order valence-electron chi connectivity index (χ4n) is 8.29. The van der Waals surface area contributed by atoms with Gasteiger partial charge >= 0.3 is 12.3 Å². The van der Waals surface area contributed by atoms with E-state index in [-0.39, 0.29) is 44.2 Å². The quantitative estimate of drug-likeness (QED) is 0.337. The number of fused-ring (bicyclic) bond motifs is 5. The maximum absolute atomic E-state index is 14.7. The number of nitrogens with zero attached hydrogens (tertiary/aromatic N) is 2. The zero-order chi connectivity index (χ0) is 41.3. The van der Waals surface area contributed by atoms with Crippen LogP contribution in [0.4, 0.5) is 18.0 Å². The predicted molar refractivity (Wildman–Crippen MR) is 202 cm³/mol. The number of alkyl halides is 3. The van der Waals surface area contributed by atoms with Crippen LogP contribution in [0.5, 0.6) is 5.75 Å². The van der Waals surface area contributed by atoms with Gasteiger partial charge in [0, 0.05) is 23.3 Å². The molecule has 5 atom stereocenters. The zero-order valence-corrected chi connectivity index (χ0v) is 33.6. The molecule has 57 heavy (non-hydrogen) atoms. The van der Waals surface area contributed by atoms with Gasteiger partial charge in [-0.05, 0) is 98.1 Å². The molecule has 2 aromatic rings.